The van der Waals surface area contributed by atoms with E-state index in [-0.39, 0.29) is 23.9 Å². The fraction of sp³-hybridized carbons (Fsp3) is 0.111. The third-order valence-electron chi connectivity index (χ3n) is 6.01. The summed E-state index contributed by atoms with van der Waals surface area (Å²) in [5.74, 6) is -1.29. The van der Waals surface area contributed by atoms with Crippen molar-refractivity contribution in [1.29, 1.82) is 0 Å². The predicted molar refractivity (Wildman–Crippen MR) is 130 cm³/mol. The van der Waals surface area contributed by atoms with Gasteiger partial charge in [-0.2, -0.15) is 5.10 Å². The first kappa shape index (κ1) is 22.1. The lowest BCUT2D eigenvalue weighted by Crippen LogP contribution is -2.29. The van der Waals surface area contributed by atoms with Gasteiger partial charge in [-0.15, -0.1) is 0 Å². The van der Waals surface area contributed by atoms with Crippen molar-refractivity contribution in [1.82, 2.24) is 14.7 Å². The van der Waals surface area contributed by atoms with Crippen LogP contribution in [0.1, 0.15) is 31.8 Å². The Labute approximate surface area is 201 Å². The molecule has 3 aromatic carbocycles. The van der Waals surface area contributed by atoms with Crippen molar-refractivity contribution in [3.8, 4) is 11.1 Å². The van der Waals surface area contributed by atoms with E-state index >= 15 is 0 Å². The van der Waals surface area contributed by atoms with E-state index in [1.54, 1.807) is 52.3 Å². The van der Waals surface area contributed by atoms with Crippen LogP contribution in [0, 0.1) is 0 Å². The molecule has 2 N–H and O–H groups in total. The molecule has 0 atom stereocenters. The molecule has 1 aromatic heterocycles. The van der Waals surface area contributed by atoms with Crippen LogP contribution in [-0.2, 0) is 24.4 Å². The van der Waals surface area contributed by atoms with E-state index in [4.69, 9.17) is 5.11 Å². The lowest BCUT2D eigenvalue weighted by Gasteiger charge is -2.15. The summed E-state index contributed by atoms with van der Waals surface area (Å²) >= 11 is 0. The molecule has 35 heavy (non-hydrogen) atoms. The minimum Gasteiger partial charge on any atom is -0.478 e. The number of hydrogen-bond donors (Lipinski definition) is 2. The van der Waals surface area contributed by atoms with Crippen LogP contribution in [-0.4, -0.2) is 37.6 Å². The first-order valence-electron chi connectivity index (χ1n) is 11.1. The summed E-state index contributed by atoms with van der Waals surface area (Å²) in [7, 11) is 0. The smallest absolute Gasteiger partial charge is 0.335 e. The van der Waals surface area contributed by atoms with E-state index in [1.165, 1.54) is 12.1 Å². The van der Waals surface area contributed by atoms with Gasteiger partial charge in [0.25, 0.3) is 5.91 Å². The highest BCUT2D eigenvalue weighted by molar-refractivity contribution is 6.08. The maximum Gasteiger partial charge on any atom is 0.335 e. The largest absolute Gasteiger partial charge is 0.478 e. The number of carboxylic acid groups (broad SMARTS) is 1. The second-order valence-corrected chi connectivity index (χ2v) is 8.32. The van der Waals surface area contributed by atoms with Crippen molar-refractivity contribution in [2.45, 2.75) is 19.6 Å². The van der Waals surface area contributed by atoms with Crippen LogP contribution in [0.3, 0.4) is 0 Å². The van der Waals surface area contributed by atoms with E-state index in [0.29, 0.717) is 29.9 Å². The number of aromatic nitrogens is 2. The third-order valence-corrected chi connectivity index (χ3v) is 6.01. The molecular weight excluding hydrogens is 444 g/mol. The standard InChI is InChI=1S/C27H22N4O4/c32-25(17-31-13-3-12-28-31)30-15-20-10-11-22(14-21(20)16-30)29-26(33)24-5-2-1-4-23(24)18-6-8-19(9-7-18)27(34)35/h1-14H,15-17H2,(H,29,33)(H,34,35). The fourth-order valence-corrected chi connectivity index (χ4v) is 4.20. The highest BCUT2D eigenvalue weighted by Crippen LogP contribution is 2.28. The predicted octanol–water partition coefficient (Wildman–Crippen LogP) is 4.04. The van der Waals surface area contributed by atoms with E-state index in [1.807, 2.05) is 30.3 Å². The molecular formula is C27H22N4O4. The maximum absolute atomic E-state index is 13.2. The van der Waals surface area contributed by atoms with Gasteiger partial charge in [-0.25, -0.2) is 4.79 Å². The number of anilines is 1. The Kier molecular flexibility index (Phi) is 5.85. The molecule has 0 radical (unpaired) electrons. The van der Waals surface area contributed by atoms with Crippen molar-refractivity contribution < 1.29 is 19.5 Å². The van der Waals surface area contributed by atoms with Gasteiger partial charge in [0.2, 0.25) is 5.91 Å². The van der Waals surface area contributed by atoms with E-state index in [2.05, 4.69) is 10.4 Å². The normalized spacial score (nSPS) is 12.3. The molecule has 0 aliphatic carbocycles. The number of nitrogens with one attached hydrogen (secondary N) is 1. The second-order valence-electron chi connectivity index (χ2n) is 8.32. The van der Waals surface area contributed by atoms with E-state index < -0.39 is 5.97 Å². The molecule has 1 aliphatic rings. The summed E-state index contributed by atoms with van der Waals surface area (Å²) < 4.78 is 1.60. The zero-order chi connectivity index (χ0) is 24.4. The average molecular weight is 466 g/mol. The molecule has 0 unspecified atom stereocenters. The highest BCUT2D eigenvalue weighted by atomic mass is 16.4. The molecule has 0 bridgehead atoms. The SMILES string of the molecule is O=C(O)c1ccc(-c2ccccc2C(=O)Nc2ccc3c(c2)CN(C(=O)Cn2cccn2)C3)cc1. The monoisotopic (exact) mass is 466 g/mol. The zero-order valence-electron chi connectivity index (χ0n) is 18.7. The van der Waals surface area contributed by atoms with Gasteiger partial charge in [-0.05, 0) is 58.7 Å². The maximum atomic E-state index is 13.2. The molecule has 1 aliphatic heterocycles. The summed E-state index contributed by atoms with van der Waals surface area (Å²) in [6.07, 6.45) is 3.40. The van der Waals surface area contributed by atoms with Crippen molar-refractivity contribution in [3.05, 3.63) is 107 Å². The van der Waals surface area contributed by atoms with Crippen LogP contribution in [0.15, 0.2) is 85.2 Å². The van der Waals surface area contributed by atoms with Crippen molar-refractivity contribution in [3.63, 3.8) is 0 Å². The Balaban J connectivity index is 1.31. The van der Waals surface area contributed by atoms with Crippen molar-refractivity contribution in [2.75, 3.05) is 5.32 Å². The van der Waals surface area contributed by atoms with Crippen LogP contribution < -0.4 is 5.32 Å². The number of aromatic carboxylic acids is 1. The molecule has 0 saturated heterocycles. The molecule has 0 spiro atoms. The summed E-state index contributed by atoms with van der Waals surface area (Å²) in [5.41, 5.74) is 4.81. The number of carbonyl (C=O) groups excluding carboxylic acids is 2. The summed E-state index contributed by atoms with van der Waals surface area (Å²) in [6, 6.07) is 21.1. The van der Waals surface area contributed by atoms with Crippen molar-refractivity contribution in [2.24, 2.45) is 0 Å². The van der Waals surface area contributed by atoms with Crippen LogP contribution >= 0.6 is 0 Å². The number of hydrogen-bond acceptors (Lipinski definition) is 4. The first-order chi connectivity index (χ1) is 17.0. The number of carboxylic acids is 1. The molecule has 2 amide bonds. The molecule has 4 aromatic rings. The molecule has 0 fully saturated rings. The highest BCUT2D eigenvalue weighted by Gasteiger charge is 2.24. The average Bonchev–Trinajstić information content (AvgIpc) is 3.53. The zero-order valence-corrected chi connectivity index (χ0v) is 18.7. The lowest BCUT2D eigenvalue weighted by atomic mass is 9.98. The van der Waals surface area contributed by atoms with E-state index in [0.717, 1.165) is 16.7 Å². The fourth-order valence-electron chi connectivity index (χ4n) is 4.20. The van der Waals surface area contributed by atoms with Crippen LogP contribution in [0.25, 0.3) is 11.1 Å². The van der Waals surface area contributed by atoms with Gasteiger partial charge in [-0.1, -0.05) is 36.4 Å². The topological polar surface area (TPSA) is 105 Å². The van der Waals surface area contributed by atoms with Crippen LogP contribution in [0.2, 0.25) is 0 Å². The Morgan fingerprint density at radius 1 is 0.914 bits per heavy atom. The number of benzene rings is 3. The number of nitrogens with zero attached hydrogens (tertiary/aromatic N) is 3. The summed E-state index contributed by atoms with van der Waals surface area (Å²) in [4.78, 5) is 38.7. The van der Waals surface area contributed by atoms with Gasteiger partial charge in [0, 0.05) is 36.7 Å². The van der Waals surface area contributed by atoms with Crippen LogP contribution in [0.4, 0.5) is 5.69 Å². The first-order valence-corrected chi connectivity index (χ1v) is 11.1. The van der Waals surface area contributed by atoms with Gasteiger partial charge >= 0.3 is 5.97 Å². The minimum atomic E-state index is -0.999. The molecule has 8 heteroatoms. The second kappa shape index (κ2) is 9.26. The lowest BCUT2D eigenvalue weighted by molar-refractivity contribution is -0.132. The van der Waals surface area contributed by atoms with Gasteiger partial charge in [0.05, 0.1) is 5.56 Å². The Hall–Kier alpha value is -4.72. The summed E-state index contributed by atoms with van der Waals surface area (Å²) in [5, 5.41) is 16.2. The number of amides is 2. The van der Waals surface area contributed by atoms with E-state index in [9.17, 15) is 14.4 Å². The Bertz CT molecular complexity index is 1410. The van der Waals surface area contributed by atoms with Gasteiger partial charge in [0.15, 0.2) is 0 Å². The number of fused-ring (bicyclic) bond motifs is 1. The van der Waals surface area contributed by atoms with Crippen LogP contribution in [0.5, 0.6) is 0 Å². The Morgan fingerprint density at radius 2 is 1.69 bits per heavy atom. The molecule has 8 nitrogen and oxygen atoms in total. The number of rotatable bonds is 6. The van der Waals surface area contributed by atoms with Gasteiger partial charge in [0.1, 0.15) is 6.54 Å². The van der Waals surface area contributed by atoms with Gasteiger partial charge in [-0.3, -0.25) is 14.3 Å². The quantitative estimate of drug-likeness (QED) is 0.446. The molecule has 5 rings (SSSR count). The molecule has 0 saturated carbocycles. The molecule has 174 valence electrons. The number of carbonyl (C=O) groups is 3. The summed E-state index contributed by atoms with van der Waals surface area (Å²) in [6.45, 7) is 1.19. The third kappa shape index (κ3) is 4.67. The van der Waals surface area contributed by atoms with Gasteiger partial charge < -0.3 is 15.3 Å². The van der Waals surface area contributed by atoms with Crippen molar-refractivity contribution >= 4 is 23.5 Å². The Morgan fingerprint density at radius 3 is 2.43 bits per heavy atom. The molecule has 2 heterocycles. The minimum absolute atomic E-state index is 0.0154.